The highest BCUT2D eigenvalue weighted by atomic mass is 16.5. The summed E-state index contributed by atoms with van der Waals surface area (Å²) in [5.41, 5.74) is 2.68. The van der Waals surface area contributed by atoms with Gasteiger partial charge in [0.15, 0.2) is 0 Å². The number of ether oxygens (including phenoxy) is 1. The van der Waals surface area contributed by atoms with Crippen LogP contribution in [0.1, 0.15) is 12.0 Å². The second kappa shape index (κ2) is 8.08. The molecule has 0 unspecified atom stereocenters. The van der Waals surface area contributed by atoms with E-state index in [-0.39, 0.29) is 24.8 Å². The summed E-state index contributed by atoms with van der Waals surface area (Å²) in [5.74, 6) is 0.319. The second-order valence-electron chi connectivity index (χ2n) is 6.64. The van der Waals surface area contributed by atoms with Crippen molar-refractivity contribution >= 4 is 28.4 Å². The lowest BCUT2D eigenvalue weighted by molar-refractivity contribution is -0.123. The monoisotopic (exact) mass is 375 g/mol. The van der Waals surface area contributed by atoms with Gasteiger partial charge in [0.25, 0.3) is 0 Å². The van der Waals surface area contributed by atoms with Crippen molar-refractivity contribution in [3.8, 4) is 5.75 Å². The smallest absolute Gasteiger partial charge is 0.240 e. The van der Waals surface area contributed by atoms with Gasteiger partial charge in [-0.1, -0.05) is 36.4 Å². The molecule has 4 rings (SSSR count). The summed E-state index contributed by atoms with van der Waals surface area (Å²) in [7, 11) is 0. The van der Waals surface area contributed by atoms with Crippen molar-refractivity contribution in [3.63, 3.8) is 0 Å². The maximum Gasteiger partial charge on any atom is 0.240 e. The first-order valence-corrected chi connectivity index (χ1v) is 9.34. The minimum absolute atomic E-state index is 0.0208. The lowest BCUT2D eigenvalue weighted by Crippen LogP contribution is -2.41. The Kier molecular flexibility index (Phi) is 5.19. The summed E-state index contributed by atoms with van der Waals surface area (Å²) in [6, 6.07) is 17.3. The molecule has 6 heteroatoms. The second-order valence-corrected chi connectivity index (χ2v) is 6.64. The SMILES string of the molecule is O=C(CN1C(=O)CCOc2ccccc21)NCCc1cccc2cccnc12. The fraction of sp³-hybridized carbons (Fsp3) is 0.227. The van der Waals surface area contributed by atoms with Gasteiger partial charge in [0.2, 0.25) is 11.8 Å². The first kappa shape index (κ1) is 18.0. The van der Waals surface area contributed by atoms with Gasteiger partial charge < -0.3 is 10.1 Å². The first-order valence-electron chi connectivity index (χ1n) is 9.34. The number of rotatable bonds is 5. The first-order chi connectivity index (χ1) is 13.7. The van der Waals surface area contributed by atoms with E-state index in [0.29, 0.717) is 31.0 Å². The van der Waals surface area contributed by atoms with Crippen LogP contribution in [0.3, 0.4) is 0 Å². The molecule has 0 fully saturated rings. The van der Waals surface area contributed by atoms with Crippen molar-refractivity contribution in [2.24, 2.45) is 0 Å². The van der Waals surface area contributed by atoms with Crippen molar-refractivity contribution in [2.75, 3.05) is 24.6 Å². The van der Waals surface area contributed by atoms with Crippen LogP contribution in [0.25, 0.3) is 10.9 Å². The minimum atomic E-state index is -0.196. The number of amides is 2. The number of aromatic nitrogens is 1. The predicted molar refractivity (Wildman–Crippen MR) is 107 cm³/mol. The Bertz CT molecular complexity index is 1010. The topological polar surface area (TPSA) is 71.5 Å². The summed E-state index contributed by atoms with van der Waals surface area (Å²) in [6.07, 6.45) is 2.70. The van der Waals surface area contributed by atoms with E-state index in [4.69, 9.17) is 4.74 Å². The molecule has 6 nitrogen and oxygen atoms in total. The average molecular weight is 375 g/mol. The number of hydrogen-bond donors (Lipinski definition) is 1. The van der Waals surface area contributed by atoms with E-state index in [1.54, 1.807) is 12.3 Å². The van der Waals surface area contributed by atoms with E-state index in [9.17, 15) is 9.59 Å². The van der Waals surface area contributed by atoms with Crippen LogP contribution in [0.2, 0.25) is 0 Å². The van der Waals surface area contributed by atoms with Crippen LogP contribution in [0.5, 0.6) is 5.75 Å². The van der Waals surface area contributed by atoms with Crippen LogP contribution in [-0.2, 0) is 16.0 Å². The van der Waals surface area contributed by atoms with E-state index >= 15 is 0 Å². The predicted octanol–water partition coefficient (Wildman–Crippen LogP) is 2.71. The molecule has 1 aliphatic rings. The van der Waals surface area contributed by atoms with E-state index in [0.717, 1.165) is 16.5 Å². The number of carbonyl (C=O) groups excluding carboxylic acids is 2. The van der Waals surface area contributed by atoms with Crippen LogP contribution in [0.4, 0.5) is 5.69 Å². The van der Waals surface area contributed by atoms with Crippen molar-refractivity contribution in [1.82, 2.24) is 10.3 Å². The van der Waals surface area contributed by atoms with Crippen molar-refractivity contribution in [1.29, 1.82) is 0 Å². The number of anilines is 1. The molecule has 0 spiro atoms. The molecule has 28 heavy (non-hydrogen) atoms. The van der Waals surface area contributed by atoms with Crippen LogP contribution in [0.15, 0.2) is 60.8 Å². The highest BCUT2D eigenvalue weighted by Gasteiger charge is 2.24. The number of pyridine rings is 1. The van der Waals surface area contributed by atoms with E-state index in [1.165, 1.54) is 4.90 Å². The summed E-state index contributed by atoms with van der Waals surface area (Å²) in [5, 5.41) is 4.00. The number of fused-ring (bicyclic) bond motifs is 2. The average Bonchev–Trinajstić information content (AvgIpc) is 2.87. The van der Waals surface area contributed by atoms with Crippen molar-refractivity contribution < 1.29 is 14.3 Å². The molecule has 142 valence electrons. The zero-order valence-corrected chi connectivity index (χ0v) is 15.4. The minimum Gasteiger partial charge on any atom is -0.491 e. The number of hydrogen-bond acceptors (Lipinski definition) is 4. The Morgan fingerprint density at radius 1 is 1.11 bits per heavy atom. The van der Waals surface area contributed by atoms with Crippen molar-refractivity contribution in [2.45, 2.75) is 12.8 Å². The summed E-state index contributed by atoms with van der Waals surface area (Å²) in [4.78, 5) is 30.8. The molecule has 0 radical (unpaired) electrons. The van der Waals surface area contributed by atoms with Gasteiger partial charge in [0.05, 0.1) is 24.2 Å². The quantitative estimate of drug-likeness (QED) is 0.744. The van der Waals surface area contributed by atoms with E-state index in [1.807, 2.05) is 48.5 Å². The highest BCUT2D eigenvalue weighted by molar-refractivity contribution is 6.00. The Morgan fingerprint density at radius 3 is 2.89 bits per heavy atom. The van der Waals surface area contributed by atoms with Crippen molar-refractivity contribution in [3.05, 3.63) is 66.4 Å². The maximum absolute atomic E-state index is 12.5. The fourth-order valence-electron chi connectivity index (χ4n) is 3.40. The molecule has 0 aliphatic carbocycles. The summed E-state index contributed by atoms with van der Waals surface area (Å²) >= 11 is 0. The van der Waals surface area contributed by atoms with E-state index < -0.39 is 0 Å². The molecule has 1 aromatic heterocycles. The van der Waals surface area contributed by atoms with Gasteiger partial charge in [0.1, 0.15) is 12.3 Å². The molecule has 2 amide bonds. The molecule has 0 atom stereocenters. The Morgan fingerprint density at radius 2 is 1.96 bits per heavy atom. The zero-order chi connectivity index (χ0) is 19.3. The standard InChI is InChI=1S/C22H21N3O3/c26-20(15-25-18-8-1-2-9-19(18)28-14-11-21(25)27)23-13-10-17-6-3-5-16-7-4-12-24-22(16)17/h1-9,12H,10-11,13-15H2,(H,23,26). The summed E-state index contributed by atoms with van der Waals surface area (Å²) < 4.78 is 5.61. The Labute approximate surface area is 163 Å². The molecule has 1 N–H and O–H groups in total. The lowest BCUT2D eigenvalue weighted by Gasteiger charge is -2.21. The van der Waals surface area contributed by atoms with Gasteiger partial charge >= 0.3 is 0 Å². The molecule has 0 saturated carbocycles. The van der Waals surface area contributed by atoms with E-state index in [2.05, 4.69) is 10.3 Å². The van der Waals surface area contributed by atoms with Gasteiger partial charge in [-0.05, 0) is 30.2 Å². The zero-order valence-electron chi connectivity index (χ0n) is 15.4. The summed E-state index contributed by atoms with van der Waals surface area (Å²) in [6.45, 7) is 0.781. The number of carbonyl (C=O) groups is 2. The van der Waals surface area contributed by atoms with Gasteiger partial charge in [0, 0.05) is 18.1 Å². The normalized spacial score (nSPS) is 13.6. The maximum atomic E-state index is 12.5. The molecule has 1 aliphatic heterocycles. The molecule has 2 aromatic carbocycles. The Balaban J connectivity index is 1.40. The largest absolute Gasteiger partial charge is 0.491 e. The van der Waals surface area contributed by atoms with Crippen LogP contribution >= 0.6 is 0 Å². The number of nitrogens with zero attached hydrogens (tertiary/aromatic N) is 2. The van der Waals surface area contributed by atoms with Gasteiger partial charge in [-0.3, -0.25) is 19.5 Å². The molecule has 0 bridgehead atoms. The molecule has 2 heterocycles. The lowest BCUT2D eigenvalue weighted by atomic mass is 10.1. The molecular weight excluding hydrogens is 354 g/mol. The van der Waals surface area contributed by atoms with Gasteiger partial charge in [-0.2, -0.15) is 0 Å². The Hall–Kier alpha value is -3.41. The third-order valence-electron chi connectivity index (χ3n) is 4.77. The fourth-order valence-corrected chi connectivity index (χ4v) is 3.40. The molecular formula is C22H21N3O3. The third-order valence-corrected chi connectivity index (χ3v) is 4.77. The highest BCUT2D eigenvalue weighted by Crippen LogP contribution is 2.30. The molecule has 0 saturated heterocycles. The molecule has 3 aromatic rings. The van der Waals surface area contributed by atoms with Crippen LogP contribution in [-0.4, -0.2) is 36.5 Å². The van der Waals surface area contributed by atoms with Crippen LogP contribution < -0.4 is 15.0 Å². The van der Waals surface area contributed by atoms with Crippen LogP contribution in [0, 0.1) is 0 Å². The number of benzene rings is 2. The number of nitrogens with one attached hydrogen (secondary N) is 1. The van der Waals surface area contributed by atoms with Gasteiger partial charge in [-0.15, -0.1) is 0 Å². The number of para-hydroxylation sites is 3. The van der Waals surface area contributed by atoms with Gasteiger partial charge in [-0.25, -0.2) is 0 Å². The third kappa shape index (κ3) is 3.81.